The minimum absolute atomic E-state index is 0.274. The van der Waals surface area contributed by atoms with Crippen molar-refractivity contribution in [2.75, 3.05) is 19.0 Å². The number of hydrogen-bond acceptors (Lipinski definition) is 5. The Labute approximate surface area is 148 Å². The first-order valence-electron chi connectivity index (χ1n) is 6.97. The molecule has 1 aromatic carbocycles. The van der Waals surface area contributed by atoms with Crippen LogP contribution in [0, 0.1) is 0 Å². The number of primary amides is 1. The Morgan fingerprint density at radius 2 is 1.88 bits per heavy atom. The van der Waals surface area contributed by atoms with E-state index < -0.39 is 5.91 Å². The highest BCUT2D eigenvalue weighted by atomic mass is 35.5. The zero-order valence-corrected chi connectivity index (χ0v) is 14.4. The van der Waals surface area contributed by atoms with Crippen molar-refractivity contribution >= 4 is 45.8 Å². The summed E-state index contributed by atoms with van der Waals surface area (Å²) < 4.78 is 0. The Morgan fingerprint density at radius 1 is 1.12 bits per heavy atom. The zero-order chi connectivity index (χ0) is 17.4. The summed E-state index contributed by atoms with van der Waals surface area (Å²) in [7, 11) is 3.59. The number of benzene rings is 1. The molecule has 2 aromatic heterocycles. The molecule has 122 valence electrons. The highest BCUT2D eigenvalue weighted by Gasteiger charge is 2.20. The minimum atomic E-state index is -0.582. The standard InChI is InChI=1S/C16H13Cl2N5O/c1-23(2)15-10(16(19)24)6-20-13-9(7-21-22-14(13)15)8-4-3-5-11(17)12(8)18/h3-7H,1-2H3,(H2,19,24). The molecule has 0 atom stereocenters. The summed E-state index contributed by atoms with van der Waals surface area (Å²) in [5.41, 5.74) is 8.66. The molecule has 0 unspecified atom stereocenters. The summed E-state index contributed by atoms with van der Waals surface area (Å²) in [6.07, 6.45) is 3.00. The van der Waals surface area contributed by atoms with Crippen LogP contribution in [0.1, 0.15) is 10.4 Å². The second-order valence-corrected chi connectivity index (χ2v) is 6.12. The zero-order valence-electron chi connectivity index (χ0n) is 12.9. The van der Waals surface area contributed by atoms with Gasteiger partial charge in [0.05, 0.1) is 27.5 Å². The molecular formula is C16H13Cl2N5O. The maximum atomic E-state index is 11.7. The quantitative estimate of drug-likeness (QED) is 0.774. The molecule has 0 fully saturated rings. The predicted molar refractivity (Wildman–Crippen MR) is 95.6 cm³/mol. The summed E-state index contributed by atoms with van der Waals surface area (Å²) in [5, 5.41) is 9.01. The van der Waals surface area contributed by atoms with Gasteiger partial charge < -0.3 is 10.6 Å². The van der Waals surface area contributed by atoms with Gasteiger partial charge in [0, 0.05) is 31.4 Å². The SMILES string of the molecule is CN(C)c1c(C(N)=O)cnc2c(-c3cccc(Cl)c3Cl)cnnc12. The van der Waals surface area contributed by atoms with Crippen molar-refractivity contribution in [2.24, 2.45) is 5.73 Å². The molecule has 0 bridgehead atoms. The number of nitrogens with zero attached hydrogens (tertiary/aromatic N) is 4. The van der Waals surface area contributed by atoms with E-state index in [9.17, 15) is 4.79 Å². The van der Waals surface area contributed by atoms with Crippen LogP contribution in [0.25, 0.3) is 22.2 Å². The second-order valence-electron chi connectivity index (χ2n) is 5.34. The largest absolute Gasteiger partial charge is 0.375 e. The number of amides is 1. The number of carbonyl (C=O) groups excluding carboxylic acids is 1. The number of anilines is 1. The Bertz CT molecular complexity index is 959. The number of aromatic nitrogens is 3. The first-order valence-corrected chi connectivity index (χ1v) is 7.73. The van der Waals surface area contributed by atoms with Gasteiger partial charge in [0.25, 0.3) is 5.91 Å². The molecule has 0 aliphatic carbocycles. The van der Waals surface area contributed by atoms with E-state index in [0.717, 1.165) is 0 Å². The van der Waals surface area contributed by atoms with Gasteiger partial charge in [-0.3, -0.25) is 9.78 Å². The summed E-state index contributed by atoms with van der Waals surface area (Å²) in [6.45, 7) is 0. The van der Waals surface area contributed by atoms with Gasteiger partial charge in [-0.2, -0.15) is 5.10 Å². The predicted octanol–water partition coefficient (Wildman–Crippen LogP) is 3.16. The van der Waals surface area contributed by atoms with Crippen LogP contribution in [0.5, 0.6) is 0 Å². The van der Waals surface area contributed by atoms with Crippen molar-refractivity contribution in [3.05, 3.63) is 46.2 Å². The van der Waals surface area contributed by atoms with E-state index in [4.69, 9.17) is 28.9 Å². The van der Waals surface area contributed by atoms with E-state index >= 15 is 0 Å². The molecule has 2 N–H and O–H groups in total. The number of rotatable bonds is 3. The number of carbonyl (C=O) groups is 1. The summed E-state index contributed by atoms with van der Waals surface area (Å²) in [5.74, 6) is -0.582. The Balaban J connectivity index is 2.39. The first kappa shape index (κ1) is 16.4. The molecule has 1 amide bonds. The first-order chi connectivity index (χ1) is 11.4. The molecule has 0 aliphatic rings. The lowest BCUT2D eigenvalue weighted by molar-refractivity contribution is 0.100. The van der Waals surface area contributed by atoms with Gasteiger partial charge in [0.15, 0.2) is 0 Å². The fourth-order valence-electron chi connectivity index (χ4n) is 2.53. The van der Waals surface area contributed by atoms with Crippen molar-refractivity contribution < 1.29 is 4.79 Å². The Kier molecular flexibility index (Phi) is 4.26. The van der Waals surface area contributed by atoms with Crippen LogP contribution in [0.3, 0.4) is 0 Å². The molecule has 0 saturated heterocycles. The molecule has 24 heavy (non-hydrogen) atoms. The summed E-state index contributed by atoms with van der Waals surface area (Å²) in [4.78, 5) is 17.8. The molecule has 0 saturated carbocycles. The molecule has 3 aromatic rings. The average Bonchev–Trinajstić information content (AvgIpc) is 2.55. The van der Waals surface area contributed by atoms with Crippen LogP contribution in [0.2, 0.25) is 10.0 Å². The third kappa shape index (κ3) is 2.64. The highest BCUT2D eigenvalue weighted by molar-refractivity contribution is 6.43. The lowest BCUT2D eigenvalue weighted by Crippen LogP contribution is -2.20. The van der Waals surface area contributed by atoms with Crippen molar-refractivity contribution in [3.63, 3.8) is 0 Å². The van der Waals surface area contributed by atoms with Crippen molar-refractivity contribution in [1.82, 2.24) is 15.2 Å². The highest BCUT2D eigenvalue weighted by Crippen LogP contribution is 2.37. The van der Waals surface area contributed by atoms with E-state index in [1.165, 1.54) is 6.20 Å². The molecule has 0 aliphatic heterocycles. The smallest absolute Gasteiger partial charge is 0.252 e. The van der Waals surface area contributed by atoms with E-state index in [1.54, 1.807) is 37.3 Å². The van der Waals surface area contributed by atoms with E-state index in [1.807, 2.05) is 6.07 Å². The Hall–Kier alpha value is -2.44. The van der Waals surface area contributed by atoms with Gasteiger partial charge in [-0.15, -0.1) is 5.10 Å². The molecule has 3 rings (SSSR count). The van der Waals surface area contributed by atoms with Gasteiger partial charge in [-0.25, -0.2) is 0 Å². The number of fused-ring (bicyclic) bond motifs is 1. The summed E-state index contributed by atoms with van der Waals surface area (Å²) in [6, 6.07) is 5.32. The molecule has 2 heterocycles. The van der Waals surface area contributed by atoms with Crippen molar-refractivity contribution in [2.45, 2.75) is 0 Å². The maximum absolute atomic E-state index is 11.7. The fourth-order valence-corrected chi connectivity index (χ4v) is 2.93. The van der Waals surface area contributed by atoms with Crippen LogP contribution in [0.4, 0.5) is 5.69 Å². The molecular weight excluding hydrogens is 349 g/mol. The van der Waals surface area contributed by atoms with E-state index in [2.05, 4.69) is 15.2 Å². The molecule has 0 spiro atoms. The normalized spacial score (nSPS) is 10.8. The number of halogens is 2. The van der Waals surface area contributed by atoms with Crippen LogP contribution in [-0.2, 0) is 0 Å². The Morgan fingerprint density at radius 3 is 2.54 bits per heavy atom. The summed E-state index contributed by atoms with van der Waals surface area (Å²) >= 11 is 12.4. The number of nitrogens with two attached hydrogens (primary N) is 1. The van der Waals surface area contributed by atoms with Gasteiger partial charge >= 0.3 is 0 Å². The van der Waals surface area contributed by atoms with Gasteiger partial charge in [-0.1, -0.05) is 35.3 Å². The van der Waals surface area contributed by atoms with Crippen molar-refractivity contribution in [1.29, 1.82) is 0 Å². The minimum Gasteiger partial charge on any atom is -0.375 e. The molecule has 0 radical (unpaired) electrons. The third-order valence-corrected chi connectivity index (χ3v) is 4.40. The maximum Gasteiger partial charge on any atom is 0.252 e. The fraction of sp³-hybridized carbons (Fsp3) is 0.125. The second kappa shape index (κ2) is 6.22. The molecule has 6 nitrogen and oxygen atoms in total. The van der Waals surface area contributed by atoms with Crippen LogP contribution < -0.4 is 10.6 Å². The number of pyridine rings is 1. The van der Waals surface area contributed by atoms with Gasteiger partial charge in [0.1, 0.15) is 11.0 Å². The van der Waals surface area contributed by atoms with E-state index in [0.29, 0.717) is 37.9 Å². The lowest BCUT2D eigenvalue weighted by atomic mass is 10.0. The third-order valence-electron chi connectivity index (χ3n) is 3.58. The topological polar surface area (TPSA) is 85.0 Å². The van der Waals surface area contributed by atoms with Crippen LogP contribution >= 0.6 is 23.2 Å². The lowest BCUT2D eigenvalue weighted by Gasteiger charge is -2.18. The van der Waals surface area contributed by atoms with Crippen molar-refractivity contribution in [3.8, 4) is 11.1 Å². The van der Waals surface area contributed by atoms with Crippen LogP contribution in [-0.4, -0.2) is 35.2 Å². The van der Waals surface area contributed by atoms with E-state index in [-0.39, 0.29) is 5.56 Å². The van der Waals surface area contributed by atoms with Gasteiger partial charge in [-0.05, 0) is 6.07 Å². The number of hydrogen-bond donors (Lipinski definition) is 1. The van der Waals surface area contributed by atoms with Crippen LogP contribution in [0.15, 0.2) is 30.6 Å². The monoisotopic (exact) mass is 361 g/mol. The molecule has 8 heteroatoms. The average molecular weight is 362 g/mol. The van der Waals surface area contributed by atoms with Gasteiger partial charge in [0.2, 0.25) is 0 Å².